The molecule has 0 saturated heterocycles. The van der Waals surface area contributed by atoms with E-state index in [0.29, 0.717) is 24.0 Å². The third kappa shape index (κ3) is 3.22. The highest BCUT2D eigenvalue weighted by molar-refractivity contribution is 5.71. The summed E-state index contributed by atoms with van der Waals surface area (Å²) in [5.41, 5.74) is 2.49. The minimum atomic E-state index is -0.518. The zero-order chi connectivity index (χ0) is 22.8. The molecule has 6 heteroatoms. The Hall–Kier alpha value is -2.50. The molecule has 172 valence electrons. The Bertz CT molecular complexity index is 1000. The van der Waals surface area contributed by atoms with Gasteiger partial charge in [0, 0.05) is 24.3 Å². The van der Waals surface area contributed by atoms with Crippen molar-refractivity contribution in [1.29, 1.82) is 0 Å². The summed E-state index contributed by atoms with van der Waals surface area (Å²) in [6, 6.07) is 1.76. The standard InChI is InChI=1S/C26H32O6/c1-14(27)30-20-9-8-18-16-6-5-11-26(18)22-17(12-16)15(7-10-21(29)32-25(2,3)4)13-19(28)23(22)31-24(20)26/h8-9,13,16,18,20,24,28H,5-7,10-12H2,1-4H3/t16-,18?,20+,24+,26+/m1/s1. The lowest BCUT2D eigenvalue weighted by atomic mass is 9.49. The molecule has 0 radical (unpaired) electrons. The summed E-state index contributed by atoms with van der Waals surface area (Å²) in [6.45, 7) is 7.01. The van der Waals surface area contributed by atoms with Gasteiger partial charge in [0.1, 0.15) is 11.7 Å². The lowest BCUT2D eigenvalue weighted by Crippen LogP contribution is -2.58. The van der Waals surface area contributed by atoms with Crippen LogP contribution < -0.4 is 4.74 Å². The van der Waals surface area contributed by atoms with Crippen molar-refractivity contribution >= 4 is 11.9 Å². The molecule has 1 N–H and O–H groups in total. The van der Waals surface area contributed by atoms with Crippen molar-refractivity contribution in [3.05, 3.63) is 34.9 Å². The first-order chi connectivity index (χ1) is 15.1. The normalized spacial score (nSPS) is 31.5. The van der Waals surface area contributed by atoms with Gasteiger partial charge in [-0.15, -0.1) is 0 Å². The molecule has 1 saturated carbocycles. The Balaban J connectivity index is 1.55. The van der Waals surface area contributed by atoms with Gasteiger partial charge < -0.3 is 19.3 Å². The number of phenolic OH excluding ortho intramolecular Hbond substituents is 1. The van der Waals surface area contributed by atoms with Crippen molar-refractivity contribution in [1.82, 2.24) is 0 Å². The van der Waals surface area contributed by atoms with Gasteiger partial charge in [0.05, 0.1) is 0 Å². The fourth-order valence-corrected chi connectivity index (χ4v) is 6.67. The number of carbonyl (C=O) groups is 2. The molecular weight excluding hydrogens is 408 g/mol. The largest absolute Gasteiger partial charge is 0.504 e. The van der Waals surface area contributed by atoms with E-state index in [1.54, 1.807) is 6.07 Å². The first-order valence-electron chi connectivity index (χ1n) is 11.7. The third-order valence-corrected chi connectivity index (χ3v) is 7.54. The average molecular weight is 441 g/mol. The van der Waals surface area contributed by atoms with Crippen molar-refractivity contribution in [2.24, 2.45) is 11.8 Å². The van der Waals surface area contributed by atoms with Gasteiger partial charge in [-0.2, -0.15) is 0 Å². The lowest BCUT2D eigenvalue weighted by molar-refractivity contribution is -0.155. The molecule has 3 aliphatic carbocycles. The Kier molecular flexibility index (Phi) is 4.84. The SMILES string of the molecule is CC(=O)O[C@H]1C=CC2[C@@H]3CCC[C@@]24c2c(c(CCC(=O)OC(C)(C)C)cc(O)c2O[C@@H]14)C3. The number of benzene rings is 1. The van der Waals surface area contributed by atoms with E-state index in [0.717, 1.165) is 36.8 Å². The number of aromatic hydroxyl groups is 1. The Morgan fingerprint density at radius 3 is 2.78 bits per heavy atom. The summed E-state index contributed by atoms with van der Waals surface area (Å²) >= 11 is 0. The van der Waals surface area contributed by atoms with Gasteiger partial charge in [-0.25, -0.2) is 0 Å². The van der Waals surface area contributed by atoms with Crippen LogP contribution in [-0.4, -0.2) is 34.9 Å². The number of hydrogen-bond donors (Lipinski definition) is 1. The molecule has 1 fully saturated rings. The molecular formula is C26H32O6. The van der Waals surface area contributed by atoms with Crippen LogP contribution in [0.25, 0.3) is 0 Å². The fourth-order valence-electron chi connectivity index (χ4n) is 6.67. The van der Waals surface area contributed by atoms with E-state index in [4.69, 9.17) is 14.2 Å². The minimum Gasteiger partial charge on any atom is -0.504 e. The summed E-state index contributed by atoms with van der Waals surface area (Å²) in [5, 5.41) is 10.9. The van der Waals surface area contributed by atoms with Crippen LogP contribution in [0.15, 0.2) is 18.2 Å². The first-order valence-corrected chi connectivity index (χ1v) is 11.7. The molecule has 4 aliphatic rings. The van der Waals surface area contributed by atoms with E-state index < -0.39 is 11.7 Å². The van der Waals surface area contributed by atoms with E-state index in [9.17, 15) is 14.7 Å². The average Bonchev–Trinajstić information content (AvgIpc) is 3.02. The summed E-state index contributed by atoms with van der Waals surface area (Å²) in [6.07, 6.45) is 8.27. The van der Waals surface area contributed by atoms with Crippen LogP contribution in [0.4, 0.5) is 0 Å². The van der Waals surface area contributed by atoms with Crippen LogP contribution in [0, 0.1) is 11.8 Å². The van der Waals surface area contributed by atoms with Crippen molar-refractivity contribution in [2.45, 2.75) is 89.4 Å². The number of allylic oxidation sites excluding steroid dienone is 1. The zero-order valence-corrected chi connectivity index (χ0v) is 19.3. The van der Waals surface area contributed by atoms with Gasteiger partial charge in [0.15, 0.2) is 17.6 Å². The highest BCUT2D eigenvalue weighted by Crippen LogP contribution is 2.65. The second-order valence-corrected chi connectivity index (χ2v) is 10.7. The maximum absolute atomic E-state index is 12.4. The van der Waals surface area contributed by atoms with Gasteiger partial charge in [0.25, 0.3) is 0 Å². The number of hydrogen-bond acceptors (Lipinski definition) is 6. The van der Waals surface area contributed by atoms with E-state index in [1.165, 1.54) is 12.5 Å². The molecule has 0 amide bonds. The molecule has 1 heterocycles. The zero-order valence-electron chi connectivity index (χ0n) is 19.3. The molecule has 1 unspecified atom stereocenters. The van der Waals surface area contributed by atoms with E-state index in [-0.39, 0.29) is 35.6 Å². The Labute approximate surface area is 188 Å². The van der Waals surface area contributed by atoms with Gasteiger partial charge in [-0.3, -0.25) is 9.59 Å². The third-order valence-electron chi connectivity index (χ3n) is 7.54. The highest BCUT2D eigenvalue weighted by atomic mass is 16.6. The monoisotopic (exact) mass is 440 g/mol. The van der Waals surface area contributed by atoms with Crippen LogP contribution in [0.2, 0.25) is 0 Å². The molecule has 0 aromatic heterocycles. The number of carbonyl (C=O) groups excluding carboxylic acids is 2. The minimum absolute atomic E-state index is 0.107. The molecule has 6 nitrogen and oxygen atoms in total. The highest BCUT2D eigenvalue weighted by Gasteiger charge is 2.64. The fraction of sp³-hybridized carbons (Fsp3) is 0.615. The van der Waals surface area contributed by atoms with Crippen LogP contribution in [0.3, 0.4) is 0 Å². The summed E-state index contributed by atoms with van der Waals surface area (Å²) in [4.78, 5) is 24.1. The quantitative estimate of drug-likeness (QED) is 0.560. The van der Waals surface area contributed by atoms with Crippen molar-refractivity contribution < 1.29 is 28.9 Å². The second kappa shape index (κ2) is 7.26. The smallest absolute Gasteiger partial charge is 0.306 e. The molecule has 1 aliphatic heterocycles. The summed E-state index contributed by atoms with van der Waals surface area (Å²) in [5.74, 6) is 0.865. The predicted octanol–water partition coefficient (Wildman–Crippen LogP) is 4.14. The summed E-state index contributed by atoms with van der Waals surface area (Å²) in [7, 11) is 0. The topological polar surface area (TPSA) is 82.1 Å². The number of esters is 2. The van der Waals surface area contributed by atoms with Crippen LogP contribution in [-0.2, 0) is 37.3 Å². The lowest BCUT2D eigenvalue weighted by Gasteiger charge is -2.54. The van der Waals surface area contributed by atoms with Gasteiger partial charge >= 0.3 is 11.9 Å². The van der Waals surface area contributed by atoms with Crippen LogP contribution in [0.5, 0.6) is 11.5 Å². The molecule has 32 heavy (non-hydrogen) atoms. The number of rotatable bonds is 4. The Morgan fingerprint density at radius 2 is 2.06 bits per heavy atom. The first kappa shape index (κ1) is 21.4. The molecule has 1 spiro atoms. The van der Waals surface area contributed by atoms with Gasteiger partial charge in [0.2, 0.25) is 0 Å². The second-order valence-electron chi connectivity index (χ2n) is 10.7. The predicted molar refractivity (Wildman–Crippen MR) is 118 cm³/mol. The maximum Gasteiger partial charge on any atom is 0.306 e. The van der Waals surface area contributed by atoms with Crippen molar-refractivity contribution in [3.63, 3.8) is 0 Å². The van der Waals surface area contributed by atoms with Crippen molar-refractivity contribution in [3.8, 4) is 11.5 Å². The number of phenols is 1. The summed E-state index contributed by atoms with van der Waals surface area (Å²) < 4.78 is 17.5. The molecule has 5 rings (SSSR count). The van der Waals surface area contributed by atoms with Gasteiger partial charge in [-0.05, 0) is 81.6 Å². The van der Waals surface area contributed by atoms with Crippen LogP contribution in [0.1, 0.15) is 70.1 Å². The van der Waals surface area contributed by atoms with E-state index in [2.05, 4.69) is 6.08 Å². The van der Waals surface area contributed by atoms with E-state index in [1.807, 2.05) is 26.8 Å². The van der Waals surface area contributed by atoms with Gasteiger partial charge in [-0.1, -0.05) is 12.5 Å². The Morgan fingerprint density at radius 1 is 1.28 bits per heavy atom. The number of aryl methyl sites for hydroxylation is 1. The van der Waals surface area contributed by atoms with Crippen LogP contribution >= 0.6 is 0 Å². The molecule has 2 bridgehead atoms. The molecule has 5 atom stereocenters. The number of ether oxygens (including phenoxy) is 3. The van der Waals surface area contributed by atoms with E-state index >= 15 is 0 Å². The maximum atomic E-state index is 12.4. The van der Waals surface area contributed by atoms with Crippen molar-refractivity contribution in [2.75, 3.05) is 0 Å². The molecule has 1 aromatic carbocycles. The molecule has 1 aromatic rings.